The van der Waals surface area contributed by atoms with E-state index in [1.165, 1.54) is 24.1 Å². The van der Waals surface area contributed by atoms with Crippen LogP contribution in [0.2, 0.25) is 0 Å². The summed E-state index contributed by atoms with van der Waals surface area (Å²) in [5.41, 5.74) is 1.56. The number of hydrogen-bond donors (Lipinski definition) is 1. The zero-order chi connectivity index (χ0) is 12.4. The van der Waals surface area contributed by atoms with Gasteiger partial charge in [0.2, 0.25) is 0 Å². The Balaban J connectivity index is 1.77. The van der Waals surface area contributed by atoms with E-state index in [4.69, 9.17) is 0 Å². The summed E-state index contributed by atoms with van der Waals surface area (Å²) >= 11 is 3.79. The molecule has 2 atom stereocenters. The van der Waals surface area contributed by atoms with Crippen LogP contribution in [0.15, 0.2) is 29.0 Å². The monoisotopic (exact) mass is 277 g/mol. The lowest BCUT2D eigenvalue weighted by atomic mass is 9.93. The van der Waals surface area contributed by atoms with Gasteiger partial charge in [-0.1, -0.05) is 13.0 Å². The van der Waals surface area contributed by atoms with Gasteiger partial charge in [0, 0.05) is 21.8 Å². The number of fused-ring (bicyclic) bond motifs is 1. The van der Waals surface area contributed by atoms with Crippen molar-refractivity contribution < 1.29 is 0 Å². The normalized spacial score (nSPS) is 20.6. The van der Waals surface area contributed by atoms with E-state index in [2.05, 4.69) is 41.2 Å². The summed E-state index contributed by atoms with van der Waals surface area (Å²) in [6.45, 7) is 2.27. The Hall–Kier alpha value is -0.640. The summed E-state index contributed by atoms with van der Waals surface area (Å²) in [6.07, 6.45) is 5.05. The summed E-state index contributed by atoms with van der Waals surface area (Å²) in [5, 5.41) is 8.29. The average Bonchev–Trinajstić information content (AvgIpc) is 3.06. The summed E-state index contributed by atoms with van der Waals surface area (Å²) in [5.74, 6) is 0. The Labute approximate surface area is 117 Å². The smallest absolute Gasteiger partial charge is 0.0417 e. The summed E-state index contributed by atoms with van der Waals surface area (Å²) in [7, 11) is 0. The predicted molar refractivity (Wildman–Crippen MR) is 80.5 cm³/mol. The third-order valence-corrected chi connectivity index (χ3v) is 5.73. The van der Waals surface area contributed by atoms with E-state index in [-0.39, 0.29) is 0 Å². The fraction of sp³-hybridized carbons (Fsp3) is 0.467. The summed E-state index contributed by atoms with van der Waals surface area (Å²) in [6, 6.07) is 7.80. The highest BCUT2D eigenvalue weighted by atomic mass is 32.1. The molecule has 2 aromatic rings. The van der Waals surface area contributed by atoms with Gasteiger partial charge in [-0.05, 0) is 54.1 Å². The van der Waals surface area contributed by atoms with Crippen molar-refractivity contribution in [1.82, 2.24) is 5.32 Å². The van der Waals surface area contributed by atoms with Crippen LogP contribution in [0.5, 0.6) is 0 Å². The van der Waals surface area contributed by atoms with Gasteiger partial charge in [-0.15, -0.1) is 22.7 Å². The second-order valence-corrected chi connectivity index (χ2v) is 6.87. The minimum absolute atomic E-state index is 0.515. The molecule has 2 unspecified atom stereocenters. The number of thiophene rings is 2. The van der Waals surface area contributed by atoms with Crippen LogP contribution in [-0.4, -0.2) is 0 Å². The van der Waals surface area contributed by atoms with Gasteiger partial charge in [-0.25, -0.2) is 0 Å². The van der Waals surface area contributed by atoms with Gasteiger partial charge in [0.25, 0.3) is 0 Å². The quantitative estimate of drug-likeness (QED) is 0.835. The van der Waals surface area contributed by atoms with Gasteiger partial charge < -0.3 is 5.32 Å². The number of hydrogen-bond acceptors (Lipinski definition) is 3. The zero-order valence-corrected chi connectivity index (χ0v) is 12.3. The Morgan fingerprint density at radius 3 is 3.06 bits per heavy atom. The highest BCUT2D eigenvalue weighted by Crippen LogP contribution is 2.35. The van der Waals surface area contributed by atoms with Crippen LogP contribution in [-0.2, 0) is 6.42 Å². The molecule has 0 radical (unpaired) electrons. The summed E-state index contributed by atoms with van der Waals surface area (Å²) < 4.78 is 0. The molecule has 0 aromatic carbocycles. The van der Waals surface area contributed by atoms with Crippen LogP contribution in [0.1, 0.15) is 53.6 Å². The van der Waals surface area contributed by atoms with Crippen LogP contribution in [0.25, 0.3) is 0 Å². The van der Waals surface area contributed by atoms with Gasteiger partial charge in [0.15, 0.2) is 0 Å². The van der Waals surface area contributed by atoms with Crippen molar-refractivity contribution in [1.29, 1.82) is 0 Å². The van der Waals surface area contributed by atoms with Gasteiger partial charge >= 0.3 is 0 Å². The zero-order valence-electron chi connectivity index (χ0n) is 10.7. The first kappa shape index (κ1) is 12.4. The largest absolute Gasteiger partial charge is 0.302 e. The molecule has 0 amide bonds. The molecular formula is C15H19NS2. The molecule has 2 aromatic heterocycles. The SMILES string of the molecule is CCC(NC1CCCc2sccc21)c1cccs1. The summed E-state index contributed by atoms with van der Waals surface area (Å²) in [4.78, 5) is 3.07. The topological polar surface area (TPSA) is 12.0 Å². The standard InChI is InChI=1S/C15H19NS2/c1-2-12(15-7-4-9-17-15)16-13-5-3-6-14-11(13)8-10-18-14/h4,7-10,12-13,16H,2-3,5-6H2,1H3. The molecule has 1 aliphatic rings. The maximum atomic E-state index is 3.87. The van der Waals surface area contributed by atoms with Crippen molar-refractivity contribution in [2.24, 2.45) is 0 Å². The van der Waals surface area contributed by atoms with E-state index in [1.807, 2.05) is 22.7 Å². The molecule has 0 aliphatic heterocycles. The molecule has 1 N–H and O–H groups in total. The van der Waals surface area contributed by atoms with Gasteiger partial charge in [-0.3, -0.25) is 0 Å². The molecular weight excluding hydrogens is 258 g/mol. The van der Waals surface area contributed by atoms with Crippen molar-refractivity contribution >= 4 is 22.7 Å². The van der Waals surface area contributed by atoms with E-state index in [0.717, 1.165) is 6.42 Å². The van der Waals surface area contributed by atoms with E-state index in [0.29, 0.717) is 12.1 Å². The Morgan fingerprint density at radius 2 is 2.28 bits per heavy atom. The maximum absolute atomic E-state index is 3.87. The number of rotatable bonds is 4. The third-order valence-electron chi connectivity index (χ3n) is 3.75. The highest BCUT2D eigenvalue weighted by molar-refractivity contribution is 7.10. The van der Waals surface area contributed by atoms with Crippen LogP contribution in [0, 0.1) is 0 Å². The lowest BCUT2D eigenvalue weighted by molar-refractivity contribution is 0.399. The van der Waals surface area contributed by atoms with Crippen molar-refractivity contribution in [2.75, 3.05) is 0 Å². The van der Waals surface area contributed by atoms with Gasteiger partial charge in [0.05, 0.1) is 0 Å². The van der Waals surface area contributed by atoms with E-state index >= 15 is 0 Å². The minimum atomic E-state index is 0.515. The molecule has 2 heterocycles. The van der Waals surface area contributed by atoms with Crippen LogP contribution in [0.3, 0.4) is 0 Å². The molecule has 3 rings (SSSR count). The average molecular weight is 277 g/mol. The predicted octanol–water partition coefficient (Wildman–Crippen LogP) is 4.93. The molecule has 96 valence electrons. The third kappa shape index (κ3) is 2.40. The van der Waals surface area contributed by atoms with Gasteiger partial charge in [-0.2, -0.15) is 0 Å². The molecule has 0 bridgehead atoms. The first-order valence-corrected chi connectivity index (χ1v) is 8.50. The minimum Gasteiger partial charge on any atom is -0.302 e. The first-order chi connectivity index (χ1) is 8.88. The lowest BCUT2D eigenvalue weighted by Crippen LogP contribution is -2.27. The molecule has 18 heavy (non-hydrogen) atoms. The molecule has 0 saturated carbocycles. The second kappa shape index (κ2) is 5.55. The molecule has 1 nitrogen and oxygen atoms in total. The maximum Gasteiger partial charge on any atom is 0.0417 e. The number of aryl methyl sites for hydroxylation is 1. The molecule has 0 spiro atoms. The van der Waals surface area contributed by atoms with Crippen molar-refractivity contribution in [3.05, 3.63) is 44.3 Å². The lowest BCUT2D eigenvalue weighted by Gasteiger charge is -2.28. The van der Waals surface area contributed by atoms with Crippen molar-refractivity contribution in [2.45, 2.75) is 44.7 Å². The Kier molecular flexibility index (Phi) is 3.83. The van der Waals surface area contributed by atoms with Crippen LogP contribution in [0.4, 0.5) is 0 Å². The van der Waals surface area contributed by atoms with Crippen molar-refractivity contribution in [3.63, 3.8) is 0 Å². The van der Waals surface area contributed by atoms with E-state index in [1.54, 1.807) is 10.4 Å². The Bertz CT molecular complexity index is 486. The Morgan fingerprint density at radius 1 is 1.33 bits per heavy atom. The fourth-order valence-corrected chi connectivity index (χ4v) is 4.65. The van der Waals surface area contributed by atoms with Crippen molar-refractivity contribution in [3.8, 4) is 0 Å². The molecule has 0 fully saturated rings. The van der Waals surface area contributed by atoms with E-state index in [9.17, 15) is 0 Å². The molecule has 3 heteroatoms. The molecule has 1 aliphatic carbocycles. The van der Waals surface area contributed by atoms with Crippen LogP contribution >= 0.6 is 22.7 Å². The van der Waals surface area contributed by atoms with Crippen LogP contribution < -0.4 is 5.32 Å². The second-order valence-electron chi connectivity index (χ2n) is 4.89. The highest BCUT2D eigenvalue weighted by Gasteiger charge is 2.23. The fourth-order valence-electron chi connectivity index (χ4n) is 2.79. The van der Waals surface area contributed by atoms with E-state index < -0.39 is 0 Å². The number of nitrogens with one attached hydrogen (secondary N) is 1. The molecule has 0 saturated heterocycles. The first-order valence-electron chi connectivity index (χ1n) is 6.74. The van der Waals surface area contributed by atoms with Gasteiger partial charge in [0.1, 0.15) is 0 Å².